The van der Waals surface area contributed by atoms with Gasteiger partial charge in [-0.2, -0.15) is 0 Å². The number of hydrogen-bond donors (Lipinski definition) is 3. The highest BCUT2D eigenvalue weighted by atomic mass is 16.5. The van der Waals surface area contributed by atoms with Crippen molar-refractivity contribution in [2.24, 2.45) is 17.8 Å². The molecular formula is C21H35N3O5. The van der Waals surface area contributed by atoms with Crippen molar-refractivity contribution < 1.29 is 24.2 Å². The second-order valence-corrected chi connectivity index (χ2v) is 9.72. The molecule has 29 heavy (non-hydrogen) atoms. The summed E-state index contributed by atoms with van der Waals surface area (Å²) < 4.78 is 6.46. The largest absolute Gasteiger partial charge is 0.394 e. The third-order valence-corrected chi connectivity index (χ3v) is 6.77. The first-order valence-corrected chi connectivity index (χ1v) is 10.7. The van der Waals surface area contributed by atoms with Gasteiger partial charge in [0, 0.05) is 13.1 Å². The van der Waals surface area contributed by atoms with Crippen LogP contribution in [0.15, 0.2) is 0 Å². The minimum absolute atomic E-state index is 0.100. The second kappa shape index (κ2) is 7.54. The lowest BCUT2D eigenvalue weighted by Crippen LogP contribution is -2.59. The maximum atomic E-state index is 13.7. The summed E-state index contributed by atoms with van der Waals surface area (Å²) in [6.07, 6.45) is 1.72. The number of fused-ring (bicyclic) bond motifs is 1. The molecule has 0 radical (unpaired) electrons. The maximum absolute atomic E-state index is 13.7. The molecule has 0 saturated carbocycles. The van der Waals surface area contributed by atoms with E-state index >= 15 is 0 Å². The average molecular weight is 410 g/mol. The molecule has 2 bridgehead atoms. The summed E-state index contributed by atoms with van der Waals surface area (Å²) in [5.41, 5.74) is -1.80. The van der Waals surface area contributed by atoms with Crippen molar-refractivity contribution in [1.29, 1.82) is 0 Å². The van der Waals surface area contributed by atoms with Crippen molar-refractivity contribution in [2.75, 3.05) is 13.7 Å². The fourth-order valence-corrected chi connectivity index (χ4v) is 5.80. The van der Waals surface area contributed by atoms with Crippen LogP contribution >= 0.6 is 0 Å². The Hall–Kier alpha value is -1.67. The van der Waals surface area contributed by atoms with E-state index in [1.807, 2.05) is 34.6 Å². The van der Waals surface area contributed by atoms with E-state index in [2.05, 4.69) is 10.6 Å². The molecule has 0 aromatic heterocycles. The van der Waals surface area contributed by atoms with Gasteiger partial charge in [0.2, 0.25) is 17.7 Å². The Morgan fingerprint density at radius 2 is 1.90 bits per heavy atom. The molecule has 3 saturated heterocycles. The molecule has 3 heterocycles. The molecule has 3 aliphatic heterocycles. The summed E-state index contributed by atoms with van der Waals surface area (Å²) in [6.45, 7) is 9.40. The van der Waals surface area contributed by atoms with Gasteiger partial charge in [0.15, 0.2) is 0 Å². The van der Waals surface area contributed by atoms with Crippen molar-refractivity contribution in [3.63, 3.8) is 0 Å². The molecule has 2 unspecified atom stereocenters. The van der Waals surface area contributed by atoms with Crippen LogP contribution in [0, 0.1) is 17.8 Å². The van der Waals surface area contributed by atoms with Gasteiger partial charge in [-0.15, -0.1) is 0 Å². The molecule has 1 spiro atoms. The Bertz CT molecular complexity index is 696. The predicted octanol–water partition coefficient (Wildman–Crippen LogP) is 0.429. The zero-order valence-corrected chi connectivity index (χ0v) is 18.3. The molecule has 8 heteroatoms. The molecule has 3 fully saturated rings. The average Bonchev–Trinajstić information content (AvgIpc) is 3.19. The first kappa shape index (κ1) is 22.0. The summed E-state index contributed by atoms with van der Waals surface area (Å²) in [4.78, 5) is 41.3. The highest BCUT2D eigenvalue weighted by Crippen LogP contribution is 2.63. The Kier molecular flexibility index (Phi) is 5.73. The quantitative estimate of drug-likeness (QED) is 0.565. The zero-order chi connectivity index (χ0) is 21.7. The van der Waals surface area contributed by atoms with Crippen molar-refractivity contribution in [1.82, 2.24) is 15.5 Å². The SMILES string of the molecule is CNC(=O)[C@H]1[C@H]2C(=O)N([C@@H](CO)CC(C)C)C(C(=O)NC(C)C)C23CC[C@]1(C)O3. The zero-order valence-electron chi connectivity index (χ0n) is 18.3. The molecule has 3 N–H and O–H groups in total. The lowest BCUT2D eigenvalue weighted by molar-refractivity contribution is -0.150. The van der Waals surface area contributed by atoms with Crippen LogP contribution in [0.25, 0.3) is 0 Å². The minimum atomic E-state index is -1.04. The molecule has 3 aliphatic rings. The van der Waals surface area contributed by atoms with E-state index in [-0.39, 0.29) is 36.3 Å². The highest BCUT2D eigenvalue weighted by Gasteiger charge is 2.78. The van der Waals surface area contributed by atoms with E-state index in [4.69, 9.17) is 4.74 Å². The molecule has 8 nitrogen and oxygen atoms in total. The van der Waals surface area contributed by atoms with Gasteiger partial charge in [-0.3, -0.25) is 14.4 Å². The van der Waals surface area contributed by atoms with Crippen LogP contribution in [0.5, 0.6) is 0 Å². The summed E-state index contributed by atoms with van der Waals surface area (Å²) in [5.74, 6) is -1.90. The fourth-order valence-electron chi connectivity index (χ4n) is 5.80. The Morgan fingerprint density at radius 3 is 2.41 bits per heavy atom. The van der Waals surface area contributed by atoms with Crippen LogP contribution < -0.4 is 10.6 Å². The minimum Gasteiger partial charge on any atom is -0.394 e. The lowest BCUT2D eigenvalue weighted by atomic mass is 9.66. The number of aliphatic hydroxyl groups excluding tert-OH is 1. The van der Waals surface area contributed by atoms with Crippen LogP contribution in [-0.2, 0) is 19.1 Å². The van der Waals surface area contributed by atoms with E-state index in [0.29, 0.717) is 19.3 Å². The molecule has 164 valence electrons. The smallest absolute Gasteiger partial charge is 0.246 e. The first-order valence-electron chi connectivity index (χ1n) is 10.7. The predicted molar refractivity (Wildman–Crippen MR) is 107 cm³/mol. The van der Waals surface area contributed by atoms with E-state index in [1.54, 1.807) is 7.05 Å². The third-order valence-electron chi connectivity index (χ3n) is 6.77. The number of carbonyl (C=O) groups excluding carboxylic acids is 3. The summed E-state index contributed by atoms with van der Waals surface area (Å²) in [5, 5.41) is 15.7. The third kappa shape index (κ3) is 3.24. The number of likely N-dealkylation sites (tertiary alicyclic amines) is 1. The van der Waals surface area contributed by atoms with E-state index < -0.39 is 35.1 Å². The van der Waals surface area contributed by atoms with E-state index in [1.165, 1.54) is 4.90 Å². The van der Waals surface area contributed by atoms with Crippen molar-refractivity contribution >= 4 is 17.7 Å². The molecule has 3 rings (SSSR count). The van der Waals surface area contributed by atoms with E-state index in [9.17, 15) is 19.5 Å². The number of rotatable bonds is 7. The lowest BCUT2D eigenvalue weighted by Gasteiger charge is -2.37. The summed E-state index contributed by atoms with van der Waals surface area (Å²) in [7, 11) is 1.56. The van der Waals surface area contributed by atoms with Crippen LogP contribution in [0.1, 0.15) is 53.9 Å². The Morgan fingerprint density at radius 1 is 1.24 bits per heavy atom. The maximum Gasteiger partial charge on any atom is 0.246 e. The van der Waals surface area contributed by atoms with Gasteiger partial charge in [0.05, 0.1) is 30.1 Å². The van der Waals surface area contributed by atoms with Crippen LogP contribution in [0.2, 0.25) is 0 Å². The Balaban J connectivity index is 2.10. The van der Waals surface area contributed by atoms with Gasteiger partial charge < -0.3 is 25.4 Å². The monoisotopic (exact) mass is 409 g/mol. The molecule has 6 atom stereocenters. The van der Waals surface area contributed by atoms with Crippen molar-refractivity contribution in [3.05, 3.63) is 0 Å². The van der Waals surface area contributed by atoms with Gasteiger partial charge in [0.25, 0.3) is 0 Å². The van der Waals surface area contributed by atoms with Gasteiger partial charge in [-0.25, -0.2) is 0 Å². The van der Waals surface area contributed by atoms with Crippen LogP contribution in [-0.4, -0.2) is 70.7 Å². The second-order valence-electron chi connectivity index (χ2n) is 9.72. The number of ether oxygens (including phenoxy) is 1. The molecular weight excluding hydrogens is 374 g/mol. The number of nitrogens with zero attached hydrogens (tertiary/aromatic N) is 1. The summed E-state index contributed by atoms with van der Waals surface area (Å²) >= 11 is 0. The van der Waals surface area contributed by atoms with Gasteiger partial charge >= 0.3 is 0 Å². The van der Waals surface area contributed by atoms with E-state index in [0.717, 1.165) is 0 Å². The Labute approximate surface area is 172 Å². The number of aliphatic hydroxyl groups is 1. The van der Waals surface area contributed by atoms with Gasteiger partial charge in [-0.05, 0) is 46.0 Å². The van der Waals surface area contributed by atoms with Crippen LogP contribution in [0.4, 0.5) is 0 Å². The van der Waals surface area contributed by atoms with Crippen molar-refractivity contribution in [2.45, 2.75) is 83.2 Å². The topological polar surface area (TPSA) is 108 Å². The number of carbonyl (C=O) groups is 3. The number of amides is 3. The number of nitrogens with one attached hydrogen (secondary N) is 2. The standard InChI is InChI=1S/C21H35N3O5/c1-11(2)9-13(10-25)24-16(18(27)23-12(3)4)21-8-7-20(5,29-21)14(17(26)22-6)15(21)19(24)28/h11-16,25H,7-10H2,1-6H3,(H,22,26)(H,23,27)/t13-,14-,15+,16?,20+,21?/m1/s1. The van der Waals surface area contributed by atoms with Gasteiger partial charge in [0.1, 0.15) is 11.6 Å². The molecule has 0 aromatic rings. The summed E-state index contributed by atoms with van der Waals surface area (Å²) in [6, 6.07) is -1.45. The van der Waals surface area contributed by atoms with Crippen molar-refractivity contribution in [3.8, 4) is 0 Å². The molecule has 3 amide bonds. The molecule has 0 aromatic carbocycles. The normalized spacial score (nSPS) is 36.7. The first-order chi connectivity index (χ1) is 13.5. The van der Waals surface area contributed by atoms with Crippen LogP contribution in [0.3, 0.4) is 0 Å². The molecule has 0 aliphatic carbocycles. The fraction of sp³-hybridized carbons (Fsp3) is 0.857. The van der Waals surface area contributed by atoms with Gasteiger partial charge in [-0.1, -0.05) is 13.8 Å². The number of hydrogen-bond acceptors (Lipinski definition) is 5. The highest BCUT2D eigenvalue weighted by molar-refractivity contribution is 5.99.